The molecule has 0 spiro atoms. The zero-order valence-electron chi connectivity index (χ0n) is 11.6. The fourth-order valence-electron chi connectivity index (χ4n) is 2.78. The summed E-state index contributed by atoms with van der Waals surface area (Å²) >= 11 is 1.50. The summed E-state index contributed by atoms with van der Waals surface area (Å²) in [6.45, 7) is 1.91. The molecular formula is C14H21N3O2S. The molecule has 1 aromatic heterocycles. The number of hydrogen-bond acceptors (Lipinski definition) is 4. The van der Waals surface area contributed by atoms with E-state index < -0.39 is 0 Å². The Morgan fingerprint density at radius 3 is 2.70 bits per heavy atom. The topological polar surface area (TPSA) is 87.7 Å². The second-order valence-corrected chi connectivity index (χ2v) is 6.09. The van der Waals surface area contributed by atoms with Crippen molar-refractivity contribution in [2.75, 3.05) is 0 Å². The molecule has 6 heteroatoms. The van der Waals surface area contributed by atoms with Crippen LogP contribution in [0.25, 0.3) is 0 Å². The van der Waals surface area contributed by atoms with Gasteiger partial charge in [0.1, 0.15) is 0 Å². The van der Waals surface area contributed by atoms with Crippen LogP contribution in [0.2, 0.25) is 0 Å². The van der Waals surface area contributed by atoms with E-state index in [1.165, 1.54) is 17.8 Å². The van der Waals surface area contributed by atoms with Crippen molar-refractivity contribution >= 4 is 23.1 Å². The van der Waals surface area contributed by atoms with Gasteiger partial charge in [0.2, 0.25) is 0 Å². The van der Waals surface area contributed by atoms with Gasteiger partial charge in [-0.2, -0.15) is 11.3 Å². The molecular weight excluding hydrogens is 274 g/mol. The molecule has 0 aromatic carbocycles. The van der Waals surface area contributed by atoms with Gasteiger partial charge < -0.3 is 16.3 Å². The van der Waals surface area contributed by atoms with Crippen LogP contribution < -0.4 is 11.1 Å². The van der Waals surface area contributed by atoms with E-state index in [-0.39, 0.29) is 23.7 Å². The van der Waals surface area contributed by atoms with Gasteiger partial charge in [-0.05, 0) is 36.6 Å². The number of hydrogen-bond donors (Lipinski definition) is 3. The molecule has 4 N–H and O–H groups in total. The van der Waals surface area contributed by atoms with Crippen LogP contribution in [0.15, 0.2) is 15.9 Å². The predicted molar refractivity (Wildman–Crippen MR) is 80.3 cm³/mol. The Kier molecular flexibility index (Phi) is 5.00. The van der Waals surface area contributed by atoms with Gasteiger partial charge in [-0.25, -0.2) is 0 Å². The molecule has 1 fully saturated rings. The molecule has 1 aliphatic rings. The maximum absolute atomic E-state index is 12.3. The van der Waals surface area contributed by atoms with E-state index in [9.17, 15) is 4.79 Å². The van der Waals surface area contributed by atoms with Gasteiger partial charge in [0, 0.05) is 5.38 Å². The molecule has 0 saturated heterocycles. The van der Waals surface area contributed by atoms with Crippen LogP contribution in [0.1, 0.15) is 48.0 Å². The fourth-order valence-corrected chi connectivity index (χ4v) is 3.60. The molecule has 1 heterocycles. The maximum Gasteiger partial charge on any atom is 0.252 e. The number of thiophene rings is 1. The van der Waals surface area contributed by atoms with Gasteiger partial charge in [0.15, 0.2) is 5.84 Å². The lowest BCUT2D eigenvalue weighted by Gasteiger charge is -2.30. The third-order valence-corrected chi connectivity index (χ3v) is 4.80. The first-order valence-corrected chi connectivity index (χ1v) is 7.89. The largest absolute Gasteiger partial charge is 0.409 e. The van der Waals surface area contributed by atoms with E-state index in [0.29, 0.717) is 5.56 Å². The molecule has 1 amide bonds. The highest BCUT2D eigenvalue weighted by atomic mass is 32.1. The van der Waals surface area contributed by atoms with Crippen molar-refractivity contribution < 1.29 is 10.0 Å². The summed E-state index contributed by atoms with van der Waals surface area (Å²) in [6.07, 6.45) is 5.49. The highest BCUT2D eigenvalue weighted by Gasteiger charge is 2.29. The van der Waals surface area contributed by atoms with E-state index in [2.05, 4.69) is 10.5 Å². The Morgan fingerprint density at radius 2 is 2.15 bits per heavy atom. The van der Waals surface area contributed by atoms with Crippen molar-refractivity contribution in [1.29, 1.82) is 0 Å². The molecule has 0 radical (unpaired) electrons. The lowest BCUT2D eigenvalue weighted by atomic mass is 9.83. The van der Waals surface area contributed by atoms with E-state index in [0.717, 1.165) is 31.2 Å². The predicted octanol–water partition coefficient (Wildman–Crippen LogP) is 2.48. The Hall–Kier alpha value is -1.56. The molecule has 1 atom stereocenters. The molecule has 20 heavy (non-hydrogen) atoms. The molecule has 110 valence electrons. The van der Waals surface area contributed by atoms with Crippen molar-refractivity contribution in [3.8, 4) is 0 Å². The van der Waals surface area contributed by atoms with Crippen LogP contribution in [0.4, 0.5) is 0 Å². The van der Waals surface area contributed by atoms with Gasteiger partial charge >= 0.3 is 0 Å². The number of nitrogens with one attached hydrogen (secondary N) is 1. The Morgan fingerprint density at radius 1 is 1.45 bits per heavy atom. The van der Waals surface area contributed by atoms with Crippen LogP contribution in [-0.2, 0) is 0 Å². The van der Waals surface area contributed by atoms with Crippen molar-refractivity contribution in [2.24, 2.45) is 16.8 Å². The second-order valence-electron chi connectivity index (χ2n) is 5.34. The average Bonchev–Trinajstić information content (AvgIpc) is 2.91. The van der Waals surface area contributed by atoms with Crippen LogP contribution in [0.3, 0.4) is 0 Å². The number of nitrogens with zero attached hydrogens (tertiary/aromatic N) is 1. The summed E-state index contributed by atoms with van der Waals surface area (Å²) in [4.78, 5) is 12.3. The van der Waals surface area contributed by atoms with Crippen LogP contribution in [-0.4, -0.2) is 23.0 Å². The molecule has 0 aliphatic heterocycles. The molecule has 5 nitrogen and oxygen atoms in total. The summed E-state index contributed by atoms with van der Waals surface area (Å²) in [6, 6.07) is -0.382. The third-order valence-electron chi connectivity index (χ3n) is 3.94. The van der Waals surface area contributed by atoms with Crippen molar-refractivity contribution in [3.63, 3.8) is 0 Å². The number of carbonyl (C=O) groups excluding carboxylic acids is 1. The Bertz CT molecular complexity index is 492. The Balaban J connectivity index is 2.11. The SMILES string of the molecule is Cc1cscc1C(=O)NC(C(N)=NO)C1CCCCC1. The summed E-state index contributed by atoms with van der Waals surface area (Å²) in [7, 11) is 0. The molecule has 1 aliphatic carbocycles. The number of oxime groups is 1. The normalized spacial score (nSPS) is 18.8. The fraction of sp³-hybridized carbons (Fsp3) is 0.571. The van der Waals surface area contributed by atoms with Crippen molar-refractivity contribution in [2.45, 2.75) is 45.1 Å². The van der Waals surface area contributed by atoms with Gasteiger partial charge in [-0.1, -0.05) is 24.4 Å². The molecule has 1 aromatic rings. The lowest BCUT2D eigenvalue weighted by molar-refractivity contribution is 0.0930. The zero-order valence-corrected chi connectivity index (χ0v) is 12.4. The number of aryl methyl sites for hydroxylation is 1. The standard InChI is InChI=1S/C14H21N3O2S/c1-9-7-20-8-11(9)14(18)16-12(13(15)17-19)10-5-3-2-4-6-10/h7-8,10,12,19H,2-6H2,1H3,(H2,15,17)(H,16,18). The summed E-state index contributed by atoms with van der Waals surface area (Å²) in [5.41, 5.74) is 7.40. The first kappa shape index (κ1) is 14.8. The zero-order chi connectivity index (χ0) is 14.5. The third kappa shape index (κ3) is 3.30. The van der Waals surface area contributed by atoms with E-state index >= 15 is 0 Å². The van der Waals surface area contributed by atoms with Gasteiger partial charge in [-0.15, -0.1) is 0 Å². The number of nitrogens with two attached hydrogens (primary N) is 1. The summed E-state index contributed by atoms with van der Waals surface area (Å²) in [5, 5.41) is 18.8. The van der Waals surface area contributed by atoms with Gasteiger partial charge in [0.25, 0.3) is 5.91 Å². The monoisotopic (exact) mass is 295 g/mol. The van der Waals surface area contributed by atoms with Crippen molar-refractivity contribution in [3.05, 3.63) is 21.9 Å². The average molecular weight is 295 g/mol. The highest BCUT2D eigenvalue weighted by molar-refractivity contribution is 7.08. The van der Waals surface area contributed by atoms with Crippen molar-refractivity contribution in [1.82, 2.24) is 5.32 Å². The summed E-state index contributed by atoms with van der Waals surface area (Å²) < 4.78 is 0. The second kappa shape index (κ2) is 6.74. The minimum atomic E-state index is -0.382. The van der Waals surface area contributed by atoms with Gasteiger partial charge in [-0.3, -0.25) is 4.79 Å². The van der Waals surface area contributed by atoms with E-state index in [1.807, 2.05) is 17.7 Å². The van der Waals surface area contributed by atoms with E-state index in [4.69, 9.17) is 10.9 Å². The van der Waals surface area contributed by atoms with Gasteiger partial charge in [0.05, 0.1) is 11.6 Å². The minimum Gasteiger partial charge on any atom is -0.409 e. The number of amides is 1. The number of amidine groups is 1. The minimum absolute atomic E-state index is 0.0955. The molecule has 0 bridgehead atoms. The van der Waals surface area contributed by atoms with E-state index in [1.54, 1.807) is 0 Å². The molecule has 1 unspecified atom stereocenters. The van der Waals surface area contributed by atoms with Crippen LogP contribution in [0.5, 0.6) is 0 Å². The first-order chi connectivity index (χ1) is 9.63. The number of carbonyl (C=O) groups is 1. The molecule has 2 rings (SSSR count). The highest BCUT2D eigenvalue weighted by Crippen LogP contribution is 2.27. The lowest BCUT2D eigenvalue weighted by Crippen LogP contribution is -2.49. The first-order valence-electron chi connectivity index (χ1n) is 6.94. The maximum atomic E-state index is 12.3. The smallest absolute Gasteiger partial charge is 0.252 e. The summed E-state index contributed by atoms with van der Waals surface area (Å²) in [5.74, 6) is 0.201. The van der Waals surface area contributed by atoms with Crippen LogP contribution in [0, 0.1) is 12.8 Å². The quantitative estimate of drug-likeness (QED) is 0.345. The molecule has 1 saturated carbocycles. The number of rotatable bonds is 4. The Labute approximate surface area is 122 Å². The van der Waals surface area contributed by atoms with Crippen LogP contribution >= 0.6 is 11.3 Å².